The smallest absolute Gasteiger partial charge is 0.0606 e. The summed E-state index contributed by atoms with van der Waals surface area (Å²) in [4.78, 5) is 4.48. The van der Waals surface area contributed by atoms with Crippen LogP contribution in [0.5, 0.6) is 0 Å². The molecule has 2 heterocycles. The van der Waals surface area contributed by atoms with Gasteiger partial charge < -0.3 is 10.6 Å². The highest BCUT2D eigenvalue weighted by atomic mass is 14.9. The molecule has 0 bridgehead atoms. The molecule has 0 saturated heterocycles. The zero-order valence-electron chi connectivity index (χ0n) is 11.5. The van der Waals surface area contributed by atoms with E-state index in [2.05, 4.69) is 39.9 Å². The fourth-order valence-electron chi connectivity index (χ4n) is 2.62. The van der Waals surface area contributed by atoms with Crippen LogP contribution in [0.3, 0.4) is 0 Å². The van der Waals surface area contributed by atoms with Crippen molar-refractivity contribution < 1.29 is 0 Å². The van der Waals surface area contributed by atoms with E-state index in [0.717, 1.165) is 36.6 Å². The second-order valence-corrected chi connectivity index (χ2v) is 5.07. The number of rotatable bonds is 3. The highest BCUT2D eigenvalue weighted by Crippen LogP contribution is 2.27. The van der Waals surface area contributed by atoms with Gasteiger partial charge in [0, 0.05) is 24.5 Å². The molecule has 1 aliphatic rings. The van der Waals surface area contributed by atoms with Crippen LogP contribution in [0.15, 0.2) is 30.3 Å². The molecule has 98 valence electrons. The Labute approximate surface area is 114 Å². The molecule has 0 aliphatic carbocycles. The molecule has 1 aromatic heterocycles. The summed E-state index contributed by atoms with van der Waals surface area (Å²) in [6.45, 7) is 5.95. The van der Waals surface area contributed by atoms with Crippen LogP contribution in [0.25, 0.3) is 0 Å². The Hall–Kier alpha value is -2.03. The molecule has 0 fully saturated rings. The van der Waals surface area contributed by atoms with E-state index in [1.54, 1.807) is 0 Å². The van der Waals surface area contributed by atoms with Gasteiger partial charge in [0.25, 0.3) is 0 Å². The monoisotopic (exact) mass is 253 g/mol. The van der Waals surface area contributed by atoms with Gasteiger partial charge in [0.15, 0.2) is 0 Å². The molecule has 1 aromatic carbocycles. The fraction of sp³-hybridized carbons (Fsp3) is 0.312. The normalized spacial score (nSPS) is 12.9. The molecule has 0 spiro atoms. The summed E-state index contributed by atoms with van der Waals surface area (Å²) in [5.74, 6) is 0. The number of benzene rings is 1. The number of hydrogen-bond acceptors (Lipinski definition) is 3. The van der Waals surface area contributed by atoms with Crippen molar-refractivity contribution in [2.45, 2.75) is 26.8 Å². The van der Waals surface area contributed by atoms with Gasteiger partial charge in [-0.15, -0.1) is 0 Å². The number of aromatic nitrogens is 1. The molecule has 3 nitrogen and oxygen atoms in total. The summed E-state index contributed by atoms with van der Waals surface area (Å²) >= 11 is 0. The Morgan fingerprint density at radius 3 is 2.95 bits per heavy atom. The maximum Gasteiger partial charge on any atom is 0.0606 e. The van der Waals surface area contributed by atoms with Gasteiger partial charge in [-0.05, 0) is 43.5 Å². The summed E-state index contributed by atoms with van der Waals surface area (Å²) < 4.78 is 0. The number of para-hydroxylation sites is 1. The van der Waals surface area contributed by atoms with Crippen LogP contribution in [0.2, 0.25) is 0 Å². The highest BCUT2D eigenvalue weighted by Gasteiger charge is 2.13. The average molecular weight is 253 g/mol. The molecule has 2 N–H and O–H groups in total. The zero-order valence-corrected chi connectivity index (χ0v) is 11.5. The Morgan fingerprint density at radius 1 is 1.21 bits per heavy atom. The van der Waals surface area contributed by atoms with E-state index in [9.17, 15) is 0 Å². The van der Waals surface area contributed by atoms with Crippen molar-refractivity contribution in [3.05, 3.63) is 52.8 Å². The standard InChI is InChI=1S/C16H19N3/c1-11-6-7-15(12(2)19-11)18-10-14-5-3-4-13-8-9-17-16(13)14/h3-7,17-18H,8-10H2,1-2H3. The second-order valence-electron chi connectivity index (χ2n) is 5.07. The van der Waals surface area contributed by atoms with Gasteiger partial charge in [0.2, 0.25) is 0 Å². The second kappa shape index (κ2) is 4.92. The summed E-state index contributed by atoms with van der Waals surface area (Å²) in [5.41, 5.74) is 7.30. The first-order chi connectivity index (χ1) is 9.24. The van der Waals surface area contributed by atoms with Crippen molar-refractivity contribution in [1.29, 1.82) is 0 Å². The first-order valence-corrected chi connectivity index (χ1v) is 6.77. The summed E-state index contributed by atoms with van der Waals surface area (Å²) in [7, 11) is 0. The van der Waals surface area contributed by atoms with Gasteiger partial charge in [0.05, 0.1) is 11.4 Å². The average Bonchev–Trinajstić information content (AvgIpc) is 2.86. The van der Waals surface area contributed by atoms with Crippen molar-refractivity contribution in [3.8, 4) is 0 Å². The number of nitrogens with one attached hydrogen (secondary N) is 2. The van der Waals surface area contributed by atoms with Gasteiger partial charge in [0.1, 0.15) is 0 Å². The van der Waals surface area contributed by atoms with Crippen LogP contribution in [-0.2, 0) is 13.0 Å². The van der Waals surface area contributed by atoms with E-state index in [-0.39, 0.29) is 0 Å². The molecule has 0 radical (unpaired) electrons. The summed E-state index contributed by atoms with van der Waals surface area (Å²) in [6, 6.07) is 10.7. The lowest BCUT2D eigenvalue weighted by Crippen LogP contribution is -2.05. The van der Waals surface area contributed by atoms with E-state index in [1.165, 1.54) is 16.8 Å². The van der Waals surface area contributed by atoms with Crippen molar-refractivity contribution >= 4 is 11.4 Å². The first kappa shape index (κ1) is 12.0. The zero-order chi connectivity index (χ0) is 13.2. The van der Waals surface area contributed by atoms with Gasteiger partial charge in [-0.3, -0.25) is 4.98 Å². The van der Waals surface area contributed by atoms with Crippen molar-refractivity contribution in [2.24, 2.45) is 0 Å². The van der Waals surface area contributed by atoms with E-state index < -0.39 is 0 Å². The van der Waals surface area contributed by atoms with Gasteiger partial charge >= 0.3 is 0 Å². The van der Waals surface area contributed by atoms with Gasteiger partial charge in [-0.1, -0.05) is 18.2 Å². The molecular formula is C16H19N3. The minimum Gasteiger partial charge on any atom is -0.384 e. The number of fused-ring (bicyclic) bond motifs is 1. The molecular weight excluding hydrogens is 234 g/mol. The molecule has 0 saturated carbocycles. The van der Waals surface area contributed by atoms with Crippen molar-refractivity contribution in [1.82, 2.24) is 4.98 Å². The van der Waals surface area contributed by atoms with Crippen LogP contribution >= 0.6 is 0 Å². The van der Waals surface area contributed by atoms with Crippen LogP contribution in [0.4, 0.5) is 11.4 Å². The summed E-state index contributed by atoms with van der Waals surface area (Å²) in [5, 5.41) is 6.96. The van der Waals surface area contributed by atoms with Crippen LogP contribution in [0, 0.1) is 13.8 Å². The Bertz CT molecular complexity index is 605. The lowest BCUT2D eigenvalue weighted by molar-refractivity contribution is 1.08. The van der Waals surface area contributed by atoms with Gasteiger partial charge in [-0.25, -0.2) is 0 Å². The summed E-state index contributed by atoms with van der Waals surface area (Å²) in [6.07, 6.45) is 1.13. The highest BCUT2D eigenvalue weighted by molar-refractivity contribution is 5.62. The molecule has 0 unspecified atom stereocenters. The van der Waals surface area contributed by atoms with E-state index >= 15 is 0 Å². The molecule has 2 aromatic rings. The molecule has 3 heteroatoms. The third-order valence-electron chi connectivity index (χ3n) is 3.63. The SMILES string of the molecule is Cc1ccc(NCc2cccc3c2NCC3)c(C)n1. The van der Waals surface area contributed by atoms with E-state index in [1.807, 2.05) is 19.9 Å². The topological polar surface area (TPSA) is 37.0 Å². The predicted octanol–water partition coefficient (Wildman–Crippen LogP) is 3.28. The van der Waals surface area contributed by atoms with E-state index in [0.29, 0.717) is 0 Å². The quantitative estimate of drug-likeness (QED) is 0.881. The fourth-order valence-corrected chi connectivity index (χ4v) is 2.62. The molecule has 1 aliphatic heterocycles. The van der Waals surface area contributed by atoms with Crippen LogP contribution in [0.1, 0.15) is 22.5 Å². The minimum atomic E-state index is 0.835. The van der Waals surface area contributed by atoms with Crippen molar-refractivity contribution in [3.63, 3.8) is 0 Å². The third-order valence-corrected chi connectivity index (χ3v) is 3.63. The van der Waals surface area contributed by atoms with Gasteiger partial charge in [-0.2, -0.15) is 0 Å². The first-order valence-electron chi connectivity index (χ1n) is 6.77. The predicted molar refractivity (Wildman–Crippen MR) is 79.7 cm³/mol. The molecule has 3 rings (SSSR count). The Balaban J connectivity index is 1.78. The Morgan fingerprint density at radius 2 is 2.11 bits per heavy atom. The maximum atomic E-state index is 4.48. The lowest BCUT2D eigenvalue weighted by atomic mass is 10.1. The number of anilines is 2. The third kappa shape index (κ3) is 2.41. The lowest BCUT2D eigenvalue weighted by Gasteiger charge is -2.12. The largest absolute Gasteiger partial charge is 0.384 e. The number of hydrogen-bond donors (Lipinski definition) is 2. The van der Waals surface area contributed by atoms with Crippen molar-refractivity contribution in [2.75, 3.05) is 17.2 Å². The number of pyridine rings is 1. The van der Waals surface area contributed by atoms with Crippen LogP contribution in [-0.4, -0.2) is 11.5 Å². The van der Waals surface area contributed by atoms with E-state index in [4.69, 9.17) is 0 Å². The minimum absolute atomic E-state index is 0.835. The number of nitrogens with zero attached hydrogens (tertiary/aromatic N) is 1. The number of aryl methyl sites for hydroxylation is 2. The molecule has 0 amide bonds. The maximum absolute atomic E-state index is 4.48. The molecule has 19 heavy (non-hydrogen) atoms. The van der Waals surface area contributed by atoms with Crippen LogP contribution < -0.4 is 10.6 Å². The Kier molecular flexibility index (Phi) is 3.11. The molecule has 0 atom stereocenters.